The van der Waals surface area contributed by atoms with Crippen LogP contribution in [0, 0.1) is 11.8 Å². The molecular formula is C28H42N2O7. The summed E-state index contributed by atoms with van der Waals surface area (Å²) in [5.41, 5.74) is -0.734. The number of ether oxygens (including phenoxy) is 3. The van der Waals surface area contributed by atoms with Gasteiger partial charge in [-0.15, -0.1) is 0 Å². The fraction of sp³-hybridized carbons (Fsp3) is 0.643. The number of methoxy groups -OCH3 is 1. The molecule has 0 bridgehead atoms. The molecule has 0 aromatic heterocycles. The number of amides is 2. The van der Waals surface area contributed by atoms with Gasteiger partial charge in [-0.05, 0) is 52.0 Å². The van der Waals surface area contributed by atoms with E-state index in [1.807, 2.05) is 44.2 Å². The van der Waals surface area contributed by atoms with E-state index in [0.29, 0.717) is 19.4 Å². The number of alkyl carbamates (subject to hydrolysis) is 1. The maximum atomic E-state index is 13.5. The Morgan fingerprint density at radius 3 is 2.19 bits per heavy atom. The molecule has 2 N–H and O–H groups in total. The SMILES string of the molecule is COC[C@H](NC(=O)OC(C)(C)C)C(=O)C[C@@H](Cc1ccccc1)C(=O)N[C@@H](CC(C)C)C(=O)[C@@]1(C)CO1. The zero-order valence-electron chi connectivity index (χ0n) is 23.1. The van der Waals surface area contributed by atoms with Crippen LogP contribution in [0.5, 0.6) is 0 Å². The second-order valence-corrected chi connectivity index (χ2v) is 11.3. The Kier molecular flexibility index (Phi) is 10.8. The molecule has 1 saturated heterocycles. The number of carbonyl (C=O) groups excluding carboxylic acids is 4. The molecule has 1 aromatic rings. The first-order chi connectivity index (χ1) is 17.2. The van der Waals surface area contributed by atoms with E-state index in [0.717, 1.165) is 5.56 Å². The van der Waals surface area contributed by atoms with Crippen LogP contribution in [0.3, 0.4) is 0 Å². The highest BCUT2D eigenvalue weighted by molar-refractivity contribution is 5.98. The van der Waals surface area contributed by atoms with Crippen LogP contribution in [0.1, 0.15) is 59.9 Å². The molecular weight excluding hydrogens is 476 g/mol. The lowest BCUT2D eigenvalue weighted by atomic mass is 9.89. The van der Waals surface area contributed by atoms with Gasteiger partial charge in [0.05, 0.1) is 19.3 Å². The number of hydrogen-bond acceptors (Lipinski definition) is 7. The molecule has 0 radical (unpaired) electrons. The summed E-state index contributed by atoms with van der Waals surface area (Å²) in [6.07, 6.45) is -0.142. The van der Waals surface area contributed by atoms with Crippen LogP contribution in [0.2, 0.25) is 0 Å². The van der Waals surface area contributed by atoms with E-state index >= 15 is 0 Å². The number of ketones is 2. The summed E-state index contributed by atoms with van der Waals surface area (Å²) in [5, 5.41) is 5.46. The van der Waals surface area contributed by atoms with Crippen molar-refractivity contribution in [1.29, 1.82) is 0 Å². The molecule has 2 rings (SSSR count). The molecule has 206 valence electrons. The van der Waals surface area contributed by atoms with Gasteiger partial charge in [0.15, 0.2) is 11.6 Å². The number of rotatable bonds is 14. The molecule has 4 atom stereocenters. The van der Waals surface area contributed by atoms with Crippen LogP contribution in [-0.4, -0.2) is 67.2 Å². The Bertz CT molecular complexity index is 936. The summed E-state index contributed by atoms with van der Waals surface area (Å²) in [6.45, 7) is 11.1. The van der Waals surface area contributed by atoms with Gasteiger partial charge in [-0.3, -0.25) is 14.4 Å². The first kappa shape index (κ1) is 30.4. The number of benzene rings is 1. The van der Waals surface area contributed by atoms with Gasteiger partial charge in [0, 0.05) is 19.4 Å². The van der Waals surface area contributed by atoms with Crippen molar-refractivity contribution >= 4 is 23.6 Å². The number of Topliss-reactive ketones (excluding diaryl/α,β-unsaturated/α-hetero) is 2. The van der Waals surface area contributed by atoms with Crippen LogP contribution in [0.25, 0.3) is 0 Å². The number of epoxide rings is 1. The van der Waals surface area contributed by atoms with Gasteiger partial charge in [0.25, 0.3) is 0 Å². The minimum Gasteiger partial charge on any atom is -0.444 e. The van der Waals surface area contributed by atoms with Crippen LogP contribution < -0.4 is 10.6 Å². The number of hydrogen-bond donors (Lipinski definition) is 2. The Morgan fingerprint density at radius 1 is 1.05 bits per heavy atom. The van der Waals surface area contributed by atoms with Crippen LogP contribution in [0.15, 0.2) is 30.3 Å². The van der Waals surface area contributed by atoms with Crippen molar-refractivity contribution in [3.8, 4) is 0 Å². The molecule has 9 nitrogen and oxygen atoms in total. The molecule has 0 aliphatic carbocycles. The van der Waals surface area contributed by atoms with Crippen molar-refractivity contribution in [3.63, 3.8) is 0 Å². The summed E-state index contributed by atoms with van der Waals surface area (Å²) >= 11 is 0. The third-order valence-corrected chi connectivity index (χ3v) is 5.99. The van der Waals surface area contributed by atoms with Crippen molar-refractivity contribution in [1.82, 2.24) is 10.6 Å². The van der Waals surface area contributed by atoms with E-state index in [1.165, 1.54) is 7.11 Å². The standard InChI is InChI=1S/C28H42N2O7/c1-18(2)13-21(24(32)28(6)17-36-28)29-25(33)20(14-19-11-9-8-10-12-19)15-23(31)22(16-35-7)30-26(34)37-27(3,4)5/h8-12,18,20-22H,13-17H2,1-7H3,(H,29,33)(H,30,34)/t20-,21+,22+,28-/m1/s1. The lowest BCUT2D eigenvalue weighted by molar-refractivity contribution is -0.134. The van der Waals surface area contributed by atoms with E-state index in [4.69, 9.17) is 14.2 Å². The third-order valence-electron chi connectivity index (χ3n) is 5.99. The molecule has 1 fully saturated rings. The Labute approximate surface area is 220 Å². The molecule has 1 aliphatic rings. The van der Waals surface area contributed by atoms with Gasteiger partial charge in [-0.1, -0.05) is 44.2 Å². The van der Waals surface area contributed by atoms with Gasteiger partial charge in [0.1, 0.15) is 17.2 Å². The van der Waals surface area contributed by atoms with E-state index in [1.54, 1.807) is 27.7 Å². The normalized spacial score (nSPS) is 19.5. The molecule has 0 saturated carbocycles. The van der Waals surface area contributed by atoms with Crippen molar-refractivity contribution in [2.45, 2.75) is 84.1 Å². The van der Waals surface area contributed by atoms with Gasteiger partial charge >= 0.3 is 6.09 Å². The van der Waals surface area contributed by atoms with Gasteiger partial charge in [-0.2, -0.15) is 0 Å². The minimum absolute atomic E-state index is 0.0676. The number of nitrogens with one attached hydrogen (secondary N) is 2. The summed E-state index contributed by atoms with van der Waals surface area (Å²) < 4.78 is 15.8. The maximum absolute atomic E-state index is 13.5. The first-order valence-corrected chi connectivity index (χ1v) is 12.8. The highest BCUT2D eigenvalue weighted by atomic mass is 16.6. The second-order valence-electron chi connectivity index (χ2n) is 11.3. The second kappa shape index (κ2) is 13.1. The van der Waals surface area contributed by atoms with Crippen LogP contribution >= 0.6 is 0 Å². The minimum atomic E-state index is -0.988. The predicted octanol–water partition coefficient (Wildman–Crippen LogP) is 3.23. The van der Waals surface area contributed by atoms with Crippen molar-refractivity contribution in [2.75, 3.05) is 20.3 Å². The first-order valence-electron chi connectivity index (χ1n) is 12.8. The van der Waals surface area contributed by atoms with Crippen molar-refractivity contribution in [3.05, 3.63) is 35.9 Å². The summed E-state index contributed by atoms with van der Waals surface area (Å²) in [5.74, 6) is -1.52. The molecule has 9 heteroatoms. The highest BCUT2D eigenvalue weighted by Gasteiger charge is 2.50. The number of carbonyl (C=O) groups is 4. The van der Waals surface area contributed by atoms with Gasteiger partial charge in [0.2, 0.25) is 5.91 Å². The molecule has 0 spiro atoms. The van der Waals surface area contributed by atoms with Crippen LogP contribution in [-0.2, 0) is 35.0 Å². The quantitative estimate of drug-likeness (QED) is 0.363. The fourth-order valence-corrected chi connectivity index (χ4v) is 3.98. The zero-order chi connectivity index (χ0) is 27.8. The topological polar surface area (TPSA) is 123 Å². The Hall–Kier alpha value is -2.78. The van der Waals surface area contributed by atoms with E-state index in [2.05, 4.69) is 10.6 Å². The lowest BCUT2D eigenvalue weighted by Crippen LogP contribution is -2.50. The zero-order valence-corrected chi connectivity index (χ0v) is 23.1. The highest BCUT2D eigenvalue weighted by Crippen LogP contribution is 2.30. The molecule has 1 aromatic carbocycles. The largest absolute Gasteiger partial charge is 0.444 e. The Morgan fingerprint density at radius 2 is 1.68 bits per heavy atom. The van der Waals surface area contributed by atoms with Crippen molar-refractivity contribution in [2.24, 2.45) is 11.8 Å². The molecule has 1 aliphatic heterocycles. The van der Waals surface area contributed by atoms with E-state index in [-0.39, 0.29) is 30.5 Å². The summed E-state index contributed by atoms with van der Waals surface area (Å²) in [4.78, 5) is 52.2. The summed E-state index contributed by atoms with van der Waals surface area (Å²) in [7, 11) is 1.42. The molecule has 2 amide bonds. The van der Waals surface area contributed by atoms with Gasteiger partial charge in [-0.25, -0.2) is 4.79 Å². The summed E-state index contributed by atoms with van der Waals surface area (Å²) in [6, 6.07) is 7.65. The Balaban J connectivity index is 2.22. The lowest BCUT2D eigenvalue weighted by Gasteiger charge is -2.26. The van der Waals surface area contributed by atoms with E-state index in [9.17, 15) is 19.2 Å². The molecule has 1 heterocycles. The monoisotopic (exact) mass is 518 g/mol. The van der Waals surface area contributed by atoms with Crippen molar-refractivity contribution < 1.29 is 33.4 Å². The third kappa shape index (κ3) is 10.2. The van der Waals surface area contributed by atoms with Gasteiger partial charge < -0.3 is 24.8 Å². The fourth-order valence-electron chi connectivity index (χ4n) is 3.98. The van der Waals surface area contributed by atoms with E-state index < -0.39 is 41.2 Å². The predicted molar refractivity (Wildman–Crippen MR) is 139 cm³/mol. The average Bonchev–Trinajstić information content (AvgIpc) is 3.55. The maximum Gasteiger partial charge on any atom is 0.408 e. The van der Waals surface area contributed by atoms with Crippen LogP contribution in [0.4, 0.5) is 4.79 Å². The average molecular weight is 519 g/mol. The molecule has 0 unspecified atom stereocenters. The smallest absolute Gasteiger partial charge is 0.408 e. The molecule has 37 heavy (non-hydrogen) atoms.